The number of ether oxygens (including phenoxy) is 1. The first-order valence-corrected chi connectivity index (χ1v) is 9.92. The minimum absolute atomic E-state index is 0.0556. The Morgan fingerprint density at radius 2 is 2.07 bits per heavy atom. The first kappa shape index (κ1) is 17.0. The zero-order valence-electron chi connectivity index (χ0n) is 15.4. The molecule has 0 bridgehead atoms. The monoisotopic (exact) mass is 366 g/mol. The third kappa shape index (κ3) is 3.51. The quantitative estimate of drug-likeness (QED) is 0.864. The number of benzene rings is 1. The molecule has 142 valence electrons. The van der Waals surface area contributed by atoms with E-state index >= 15 is 0 Å². The normalized spacial score (nSPS) is 29.8. The van der Waals surface area contributed by atoms with Crippen molar-refractivity contribution in [3.05, 3.63) is 47.9 Å². The molecule has 2 aromatic rings. The molecule has 0 radical (unpaired) electrons. The number of aromatic nitrogens is 2. The molecule has 2 fully saturated rings. The van der Waals surface area contributed by atoms with E-state index in [9.17, 15) is 5.11 Å². The van der Waals surface area contributed by atoms with Crippen LogP contribution < -0.4 is 10.1 Å². The van der Waals surface area contributed by atoms with Crippen molar-refractivity contribution in [2.45, 2.75) is 38.0 Å². The van der Waals surface area contributed by atoms with E-state index in [4.69, 9.17) is 4.74 Å². The minimum Gasteiger partial charge on any atom is -0.493 e. The number of anilines is 1. The Labute approximate surface area is 159 Å². The molecule has 1 saturated heterocycles. The Morgan fingerprint density at radius 3 is 2.93 bits per heavy atom. The molecule has 27 heavy (non-hydrogen) atoms. The van der Waals surface area contributed by atoms with Crippen LogP contribution in [0.3, 0.4) is 0 Å². The molecule has 2 N–H and O–H groups in total. The zero-order chi connectivity index (χ0) is 18.2. The Hall–Kier alpha value is -2.18. The number of aliphatic hydroxyl groups excluding tert-OH is 1. The third-order valence-corrected chi connectivity index (χ3v) is 6.27. The van der Waals surface area contributed by atoms with Crippen LogP contribution in [0.2, 0.25) is 0 Å². The lowest BCUT2D eigenvalue weighted by Gasteiger charge is -2.35. The standard InChI is InChI=1S/C21H26N4O2/c26-19-9-17-13-25(11-14-1-2-20-15(7-14)3-6-27-20)12-16(17)8-18(19)24-21-10-22-4-5-23-21/h1-2,4-5,7,10,16-19,26H,3,6,8-9,11-13H2,(H,23,24)/t16-,17+,18-,19-/m1/s1. The highest BCUT2D eigenvalue weighted by Gasteiger charge is 2.41. The molecule has 5 rings (SSSR count). The van der Waals surface area contributed by atoms with Gasteiger partial charge in [0.1, 0.15) is 11.6 Å². The van der Waals surface area contributed by atoms with Gasteiger partial charge in [-0.2, -0.15) is 0 Å². The van der Waals surface area contributed by atoms with Gasteiger partial charge >= 0.3 is 0 Å². The van der Waals surface area contributed by atoms with Gasteiger partial charge in [-0.3, -0.25) is 9.88 Å². The maximum atomic E-state index is 10.6. The molecule has 6 heteroatoms. The number of nitrogens with zero attached hydrogens (tertiary/aromatic N) is 3. The van der Waals surface area contributed by atoms with Crippen LogP contribution in [-0.2, 0) is 13.0 Å². The van der Waals surface area contributed by atoms with E-state index in [-0.39, 0.29) is 12.1 Å². The van der Waals surface area contributed by atoms with Crippen LogP contribution in [0.15, 0.2) is 36.8 Å². The van der Waals surface area contributed by atoms with E-state index in [1.807, 2.05) is 0 Å². The third-order valence-electron chi connectivity index (χ3n) is 6.27. The van der Waals surface area contributed by atoms with Crippen molar-refractivity contribution in [3.63, 3.8) is 0 Å². The van der Waals surface area contributed by atoms with Crippen molar-refractivity contribution < 1.29 is 9.84 Å². The molecule has 0 unspecified atom stereocenters. The predicted octanol–water partition coefficient (Wildman–Crippen LogP) is 2.09. The minimum atomic E-state index is -0.328. The number of fused-ring (bicyclic) bond motifs is 2. The lowest BCUT2D eigenvalue weighted by Crippen LogP contribution is -2.43. The number of likely N-dealkylation sites (tertiary alicyclic amines) is 1. The van der Waals surface area contributed by atoms with Crippen molar-refractivity contribution in [2.24, 2.45) is 11.8 Å². The number of hydrogen-bond acceptors (Lipinski definition) is 6. The molecule has 0 amide bonds. The van der Waals surface area contributed by atoms with Gasteiger partial charge in [-0.15, -0.1) is 0 Å². The van der Waals surface area contributed by atoms with E-state index < -0.39 is 0 Å². The topological polar surface area (TPSA) is 70.5 Å². The second-order valence-corrected chi connectivity index (χ2v) is 8.14. The fourth-order valence-electron chi connectivity index (χ4n) is 4.97. The molecule has 1 aromatic carbocycles. The van der Waals surface area contributed by atoms with Crippen LogP contribution in [0, 0.1) is 11.8 Å². The maximum Gasteiger partial charge on any atom is 0.144 e. The molecule has 3 heterocycles. The van der Waals surface area contributed by atoms with Crippen molar-refractivity contribution in [1.29, 1.82) is 0 Å². The summed E-state index contributed by atoms with van der Waals surface area (Å²) in [5.74, 6) is 3.00. The number of nitrogens with one attached hydrogen (secondary N) is 1. The number of rotatable bonds is 4. The van der Waals surface area contributed by atoms with Crippen LogP contribution in [0.25, 0.3) is 0 Å². The maximum absolute atomic E-state index is 10.6. The van der Waals surface area contributed by atoms with Crippen LogP contribution in [0.1, 0.15) is 24.0 Å². The van der Waals surface area contributed by atoms with Crippen molar-refractivity contribution in [3.8, 4) is 5.75 Å². The summed E-state index contributed by atoms with van der Waals surface area (Å²) in [4.78, 5) is 10.9. The molecule has 6 nitrogen and oxygen atoms in total. The lowest BCUT2D eigenvalue weighted by molar-refractivity contribution is 0.0735. The molecular formula is C21H26N4O2. The molecule has 0 spiro atoms. The number of hydrogen-bond donors (Lipinski definition) is 2. The highest BCUT2D eigenvalue weighted by Crippen LogP contribution is 2.38. The van der Waals surface area contributed by atoms with Crippen LogP contribution in [0.5, 0.6) is 5.75 Å². The summed E-state index contributed by atoms with van der Waals surface area (Å²) in [5.41, 5.74) is 2.71. The highest BCUT2D eigenvalue weighted by atomic mass is 16.5. The van der Waals surface area contributed by atoms with Gasteiger partial charge in [0, 0.05) is 38.4 Å². The Kier molecular flexibility index (Phi) is 4.45. The van der Waals surface area contributed by atoms with Gasteiger partial charge in [-0.25, -0.2) is 4.98 Å². The average Bonchev–Trinajstić information content (AvgIpc) is 3.28. The van der Waals surface area contributed by atoms with E-state index in [2.05, 4.69) is 38.4 Å². The first-order valence-electron chi connectivity index (χ1n) is 9.92. The van der Waals surface area contributed by atoms with Crippen LogP contribution in [-0.4, -0.2) is 51.8 Å². The van der Waals surface area contributed by atoms with Crippen LogP contribution >= 0.6 is 0 Å². The lowest BCUT2D eigenvalue weighted by atomic mass is 9.77. The van der Waals surface area contributed by atoms with Gasteiger partial charge in [0.25, 0.3) is 0 Å². The average molecular weight is 366 g/mol. The summed E-state index contributed by atoms with van der Waals surface area (Å²) in [6, 6.07) is 6.67. The number of aliphatic hydroxyl groups is 1. The molecular weight excluding hydrogens is 340 g/mol. The van der Waals surface area contributed by atoms with Crippen molar-refractivity contribution in [2.75, 3.05) is 25.0 Å². The largest absolute Gasteiger partial charge is 0.493 e. The summed E-state index contributed by atoms with van der Waals surface area (Å²) < 4.78 is 5.62. The molecule has 2 aliphatic heterocycles. The molecule has 1 aliphatic carbocycles. The Morgan fingerprint density at radius 1 is 1.19 bits per heavy atom. The SMILES string of the molecule is O[C@@H]1C[C@H]2CN(Cc3ccc4c(c3)CCO4)C[C@H]2C[C@H]1Nc1cnccn1. The van der Waals surface area contributed by atoms with Gasteiger partial charge in [-0.05, 0) is 41.9 Å². The fourth-order valence-corrected chi connectivity index (χ4v) is 4.97. The van der Waals surface area contributed by atoms with Crippen molar-refractivity contribution >= 4 is 5.82 Å². The molecule has 1 aromatic heterocycles. The second kappa shape index (κ2) is 7.09. The smallest absolute Gasteiger partial charge is 0.144 e. The molecule has 3 aliphatic rings. The van der Waals surface area contributed by atoms with E-state index in [0.29, 0.717) is 11.8 Å². The summed E-state index contributed by atoms with van der Waals surface area (Å²) in [5, 5.41) is 14.0. The first-order chi connectivity index (χ1) is 13.2. The van der Waals surface area contributed by atoms with Gasteiger partial charge in [0.05, 0.1) is 24.9 Å². The predicted molar refractivity (Wildman–Crippen MR) is 103 cm³/mol. The molecule has 4 atom stereocenters. The Balaban J connectivity index is 1.22. The summed E-state index contributed by atoms with van der Waals surface area (Å²) in [6.07, 6.45) is 7.60. The zero-order valence-corrected chi connectivity index (χ0v) is 15.4. The fraction of sp³-hybridized carbons (Fsp3) is 0.524. The van der Waals surface area contributed by atoms with E-state index in [1.165, 1.54) is 11.1 Å². The van der Waals surface area contributed by atoms with Crippen molar-refractivity contribution in [1.82, 2.24) is 14.9 Å². The van der Waals surface area contributed by atoms with Crippen LogP contribution in [0.4, 0.5) is 5.82 Å². The molecule has 1 saturated carbocycles. The summed E-state index contributed by atoms with van der Waals surface area (Å²) in [6.45, 7) is 3.97. The van der Waals surface area contributed by atoms with Gasteiger partial charge < -0.3 is 15.2 Å². The summed E-state index contributed by atoms with van der Waals surface area (Å²) in [7, 11) is 0. The van der Waals surface area contributed by atoms with E-state index in [0.717, 1.165) is 57.1 Å². The second-order valence-electron chi connectivity index (χ2n) is 8.14. The summed E-state index contributed by atoms with van der Waals surface area (Å²) >= 11 is 0. The van der Waals surface area contributed by atoms with Gasteiger partial charge in [0.2, 0.25) is 0 Å². The Bertz CT molecular complexity index is 800. The van der Waals surface area contributed by atoms with E-state index in [1.54, 1.807) is 18.6 Å². The van der Waals surface area contributed by atoms with Gasteiger partial charge in [0.15, 0.2) is 0 Å². The highest BCUT2D eigenvalue weighted by molar-refractivity contribution is 5.39. The van der Waals surface area contributed by atoms with Gasteiger partial charge in [-0.1, -0.05) is 12.1 Å².